The molecule has 1 aromatic heterocycles. The van der Waals surface area contributed by atoms with Crippen LogP contribution in [0, 0.1) is 0 Å². The second kappa shape index (κ2) is 7.63. The molecule has 8 nitrogen and oxygen atoms in total. The van der Waals surface area contributed by atoms with Crippen molar-refractivity contribution in [2.24, 2.45) is 0 Å². The molecule has 1 unspecified atom stereocenters. The first kappa shape index (κ1) is 20.5. The number of carbonyl (C=O) groups is 2. The lowest BCUT2D eigenvalue weighted by Crippen LogP contribution is -2.58. The summed E-state index contributed by atoms with van der Waals surface area (Å²) in [5, 5.41) is 3.79. The fourth-order valence-corrected chi connectivity index (χ4v) is 5.64. The van der Waals surface area contributed by atoms with Gasteiger partial charge in [0.15, 0.2) is 16.7 Å². The van der Waals surface area contributed by atoms with E-state index in [1.807, 2.05) is 24.0 Å². The van der Waals surface area contributed by atoms with Crippen LogP contribution in [0.3, 0.4) is 0 Å². The highest BCUT2D eigenvalue weighted by Crippen LogP contribution is 2.42. The number of imidazole rings is 1. The molecule has 2 fully saturated rings. The minimum atomic E-state index is -0.341. The number of amides is 1. The Bertz CT molecular complexity index is 1030. The van der Waals surface area contributed by atoms with E-state index in [9.17, 15) is 9.59 Å². The molecule has 31 heavy (non-hydrogen) atoms. The Morgan fingerprint density at radius 3 is 2.65 bits per heavy atom. The van der Waals surface area contributed by atoms with Crippen LogP contribution in [0.4, 0.5) is 5.82 Å². The van der Waals surface area contributed by atoms with Crippen LogP contribution in [0.1, 0.15) is 55.6 Å². The number of hydrogen-bond donors (Lipinski definition) is 1. The van der Waals surface area contributed by atoms with Crippen LogP contribution in [-0.2, 0) is 11.3 Å². The minimum absolute atomic E-state index is 0.0362. The van der Waals surface area contributed by atoms with E-state index in [4.69, 9.17) is 4.74 Å². The summed E-state index contributed by atoms with van der Waals surface area (Å²) in [4.78, 5) is 33.2. The van der Waals surface area contributed by atoms with E-state index >= 15 is 0 Å². The second-order valence-corrected chi connectivity index (χ2v) is 9.31. The highest BCUT2D eigenvalue weighted by Gasteiger charge is 2.52. The maximum Gasteiger partial charge on any atom is 0.308 e. The quantitative estimate of drug-likeness (QED) is 0.527. The number of ether oxygens (including phenoxy) is 1. The molecule has 3 aliphatic rings. The van der Waals surface area contributed by atoms with Gasteiger partial charge in [-0.15, -0.1) is 0 Å². The van der Waals surface area contributed by atoms with Gasteiger partial charge in [-0.1, -0.05) is 25.0 Å². The third-order valence-corrected chi connectivity index (χ3v) is 7.16. The summed E-state index contributed by atoms with van der Waals surface area (Å²) in [6.07, 6.45) is 4.56. The van der Waals surface area contributed by atoms with E-state index in [0.29, 0.717) is 29.3 Å². The fourth-order valence-electron chi connectivity index (χ4n) is 5.17. The number of fused-ring (bicyclic) bond motifs is 3. The van der Waals surface area contributed by atoms with Crippen LogP contribution in [0.5, 0.6) is 5.75 Å². The second-order valence-electron chi connectivity index (χ2n) is 8.60. The largest absolute Gasteiger partial charge is 0.427 e. The molecule has 1 amide bonds. The summed E-state index contributed by atoms with van der Waals surface area (Å²) in [6, 6.07) is 7.42. The highest BCUT2D eigenvalue weighted by molar-refractivity contribution is 9.10. The molecular formula is C22H26BrN5O3. The van der Waals surface area contributed by atoms with Crippen LogP contribution in [-0.4, -0.2) is 51.2 Å². The number of aromatic nitrogens is 2. The summed E-state index contributed by atoms with van der Waals surface area (Å²) < 4.78 is 7.83. The van der Waals surface area contributed by atoms with Crippen molar-refractivity contribution in [2.75, 3.05) is 18.0 Å². The Morgan fingerprint density at radius 1 is 1.29 bits per heavy atom. The number of halogens is 1. The van der Waals surface area contributed by atoms with Gasteiger partial charge in [0.25, 0.3) is 5.91 Å². The van der Waals surface area contributed by atoms with E-state index in [-0.39, 0.29) is 23.7 Å². The van der Waals surface area contributed by atoms with Gasteiger partial charge in [-0.2, -0.15) is 0 Å². The molecule has 1 aromatic carbocycles. The lowest BCUT2D eigenvalue weighted by Gasteiger charge is -2.39. The first-order valence-corrected chi connectivity index (χ1v) is 11.6. The Morgan fingerprint density at radius 2 is 2.00 bits per heavy atom. The zero-order valence-corrected chi connectivity index (χ0v) is 19.3. The number of carbonyl (C=O) groups excluding carboxylic acids is 2. The van der Waals surface area contributed by atoms with Gasteiger partial charge in [-0.05, 0) is 53.4 Å². The highest BCUT2D eigenvalue weighted by atomic mass is 79.9. The van der Waals surface area contributed by atoms with Crippen LogP contribution in [0.15, 0.2) is 29.0 Å². The molecule has 1 saturated heterocycles. The van der Waals surface area contributed by atoms with Gasteiger partial charge in [-0.25, -0.2) is 4.98 Å². The first-order valence-electron chi connectivity index (χ1n) is 10.8. The maximum atomic E-state index is 13.3. The zero-order valence-electron chi connectivity index (χ0n) is 17.7. The van der Waals surface area contributed by atoms with Crippen molar-refractivity contribution in [3.63, 3.8) is 0 Å². The predicted molar refractivity (Wildman–Crippen MR) is 119 cm³/mol. The number of nitrogens with one attached hydrogen (secondary N) is 1. The van der Waals surface area contributed by atoms with Crippen molar-refractivity contribution in [3.05, 3.63) is 40.3 Å². The first-order chi connectivity index (χ1) is 14.9. The van der Waals surface area contributed by atoms with E-state index < -0.39 is 0 Å². The maximum absolute atomic E-state index is 13.3. The summed E-state index contributed by atoms with van der Waals surface area (Å²) in [7, 11) is 0. The lowest BCUT2D eigenvalue weighted by molar-refractivity contribution is -0.131. The van der Waals surface area contributed by atoms with Gasteiger partial charge in [0, 0.05) is 25.6 Å². The molecule has 0 radical (unpaired) electrons. The van der Waals surface area contributed by atoms with Gasteiger partial charge in [0.2, 0.25) is 0 Å². The van der Waals surface area contributed by atoms with Crippen molar-refractivity contribution < 1.29 is 14.3 Å². The molecule has 1 atom stereocenters. The third-order valence-electron chi connectivity index (χ3n) is 6.56. The third kappa shape index (κ3) is 3.43. The smallest absolute Gasteiger partial charge is 0.308 e. The number of rotatable bonds is 4. The van der Waals surface area contributed by atoms with Gasteiger partial charge >= 0.3 is 5.97 Å². The average Bonchev–Trinajstić information content (AvgIpc) is 3.42. The number of hydrogen-bond acceptors (Lipinski definition) is 6. The van der Waals surface area contributed by atoms with Crippen molar-refractivity contribution in [2.45, 2.75) is 57.9 Å². The topological polar surface area (TPSA) is 79.7 Å². The Kier molecular flexibility index (Phi) is 5.05. The zero-order chi connectivity index (χ0) is 21.8. The standard InChI is InChI=1S/C22H26BrN5O3/c1-3-26-19(30)17-18(28-13-22(25-21(26)28)10-4-5-11-22)27(20(23)24-17)12-15-6-8-16(9-7-15)31-14(2)29/h6-9,21,25H,3-5,10-13H2,1-2H3. The average molecular weight is 488 g/mol. The van der Waals surface area contributed by atoms with E-state index in [0.717, 1.165) is 30.8 Å². The number of anilines is 1. The van der Waals surface area contributed by atoms with Crippen LogP contribution in [0.25, 0.3) is 0 Å². The van der Waals surface area contributed by atoms with Crippen LogP contribution in [0.2, 0.25) is 0 Å². The molecule has 5 rings (SSSR count). The van der Waals surface area contributed by atoms with Crippen LogP contribution >= 0.6 is 15.9 Å². The Balaban J connectivity index is 1.50. The van der Waals surface area contributed by atoms with E-state index in [1.54, 1.807) is 12.1 Å². The molecule has 9 heteroatoms. The van der Waals surface area contributed by atoms with Gasteiger partial charge in [0.05, 0.1) is 6.54 Å². The molecule has 1 N–H and O–H groups in total. The molecule has 164 valence electrons. The molecule has 2 aliphatic heterocycles. The molecule has 1 spiro atoms. The minimum Gasteiger partial charge on any atom is -0.427 e. The number of benzene rings is 1. The summed E-state index contributed by atoms with van der Waals surface area (Å²) in [5.41, 5.74) is 1.59. The molecule has 1 saturated carbocycles. The SMILES string of the molecule is CCN1C(=O)c2nc(Br)n(Cc3ccc(OC(C)=O)cc3)c2N2CC3(CCCC3)NC12. The van der Waals surface area contributed by atoms with Gasteiger partial charge < -0.3 is 19.1 Å². The normalized spacial score (nSPS) is 21.5. The molecular weight excluding hydrogens is 462 g/mol. The Hall–Kier alpha value is -2.39. The van der Waals surface area contributed by atoms with E-state index in [2.05, 4.69) is 35.7 Å². The van der Waals surface area contributed by atoms with Crippen molar-refractivity contribution >= 4 is 33.6 Å². The van der Waals surface area contributed by atoms with Crippen molar-refractivity contribution in [3.8, 4) is 5.75 Å². The van der Waals surface area contributed by atoms with Crippen molar-refractivity contribution in [1.82, 2.24) is 19.8 Å². The predicted octanol–water partition coefficient (Wildman–Crippen LogP) is 3.10. The number of esters is 1. The molecule has 3 heterocycles. The fraction of sp³-hybridized carbons (Fsp3) is 0.500. The molecule has 0 bridgehead atoms. The monoisotopic (exact) mass is 487 g/mol. The summed E-state index contributed by atoms with van der Waals surface area (Å²) in [5.74, 6) is 1.01. The lowest BCUT2D eigenvalue weighted by atomic mass is 9.99. The van der Waals surface area contributed by atoms with Gasteiger partial charge in [0.1, 0.15) is 11.6 Å². The number of nitrogens with zero attached hydrogens (tertiary/aromatic N) is 4. The molecule has 1 aliphatic carbocycles. The summed E-state index contributed by atoms with van der Waals surface area (Å²) in [6.45, 7) is 5.46. The summed E-state index contributed by atoms with van der Waals surface area (Å²) >= 11 is 3.59. The Labute approximate surface area is 189 Å². The van der Waals surface area contributed by atoms with Gasteiger partial charge in [-0.3, -0.25) is 14.9 Å². The van der Waals surface area contributed by atoms with Crippen molar-refractivity contribution in [1.29, 1.82) is 0 Å². The molecule has 2 aromatic rings. The van der Waals surface area contributed by atoms with Crippen LogP contribution < -0.4 is 15.0 Å². The van der Waals surface area contributed by atoms with E-state index in [1.165, 1.54) is 19.8 Å².